The van der Waals surface area contributed by atoms with Crippen LogP contribution < -0.4 is 0 Å². The molecule has 4 heteroatoms. The van der Waals surface area contributed by atoms with Crippen LogP contribution in [0, 0.1) is 11.8 Å². The van der Waals surface area contributed by atoms with Crippen molar-refractivity contribution in [1.82, 2.24) is 4.98 Å². The smallest absolute Gasteiger partial charge is 0.263 e. The number of hydrogen-bond acceptors (Lipinski definition) is 3. The molecule has 0 unspecified atom stereocenters. The molecule has 0 spiro atoms. The maximum Gasteiger partial charge on any atom is 0.316 e. The van der Waals surface area contributed by atoms with Crippen molar-refractivity contribution in [1.29, 1.82) is 0 Å². The van der Waals surface area contributed by atoms with E-state index in [2.05, 4.69) is 10.2 Å². The molecule has 0 saturated carbocycles. The predicted octanol–water partition coefficient (Wildman–Crippen LogP) is 1.30. The minimum Gasteiger partial charge on any atom is -0.263 e. The summed E-state index contributed by atoms with van der Waals surface area (Å²) in [6.45, 7) is 1.74. The standard InChI is InChI=1S/C7H6N2O2/c1-5-4-6(2-3-8-5)7(10)9-11/h2-4H,1H3. The van der Waals surface area contributed by atoms with Crippen molar-refractivity contribution in [2.24, 2.45) is 5.18 Å². The van der Waals surface area contributed by atoms with Gasteiger partial charge in [0.2, 0.25) is 0 Å². The molecule has 0 aliphatic rings. The lowest BCUT2D eigenvalue weighted by molar-refractivity contribution is 0.100. The molecular weight excluding hydrogens is 144 g/mol. The topological polar surface area (TPSA) is 59.4 Å². The van der Waals surface area contributed by atoms with Crippen molar-refractivity contribution in [2.45, 2.75) is 6.92 Å². The van der Waals surface area contributed by atoms with Gasteiger partial charge < -0.3 is 0 Å². The molecule has 11 heavy (non-hydrogen) atoms. The van der Waals surface area contributed by atoms with Crippen LogP contribution in [-0.2, 0) is 0 Å². The molecule has 0 atom stereocenters. The SMILES string of the molecule is Cc1cc(C(=O)N=O)ccn1. The second kappa shape index (κ2) is 3.01. The van der Waals surface area contributed by atoms with E-state index >= 15 is 0 Å². The van der Waals surface area contributed by atoms with E-state index in [0.717, 1.165) is 0 Å². The molecular formula is C7H6N2O2. The van der Waals surface area contributed by atoms with E-state index in [0.29, 0.717) is 5.69 Å². The number of aryl methyl sites for hydroxylation is 1. The molecule has 4 nitrogen and oxygen atoms in total. The van der Waals surface area contributed by atoms with Crippen molar-refractivity contribution in [3.63, 3.8) is 0 Å². The minimum atomic E-state index is -0.754. The molecule has 0 aromatic carbocycles. The van der Waals surface area contributed by atoms with Crippen LogP contribution in [0.5, 0.6) is 0 Å². The second-order valence-electron chi connectivity index (χ2n) is 2.08. The average Bonchev–Trinajstić information content (AvgIpc) is 2.03. The number of aromatic nitrogens is 1. The van der Waals surface area contributed by atoms with Gasteiger partial charge in [0.15, 0.2) is 0 Å². The lowest BCUT2D eigenvalue weighted by Crippen LogP contribution is -1.94. The van der Waals surface area contributed by atoms with E-state index in [-0.39, 0.29) is 5.56 Å². The largest absolute Gasteiger partial charge is 0.316 e. The molecule has 1 aromatic heterocycles. The normalized spacial score (nSPS) is 9.18. The van der Waals surface area contributed by atoms with Crippen LogP contribution in [0.15, 0.2) is 23.5 Å². The molecule has 1 amide bonds. The zero-order valence-electron chi connectivity index (χ0n) is 5.94. The van der Waals surface area contributed by atoms with Gasteiger partial charge in [-0.2, -0.15) is 0 Å². The van der Waals surface area contributed by atoms with Crippen molar-refractivity contribution >= 4 is 5.91 Å². The fourth-order valence-electron chi connectivity index (χ4n) is 0.731. The lowest BCUT2D eigenvalue weighted by Gasteiger charge is -1.92. The first-order valence-corrected chi connectivity index (χ1v) is 3.04. The molecule has 0 saturated heterocycles. The summed E-state index contributed by atoms with van der Waals surface area (Å²) >= 11 is 0. The Hall–Kier alpha value is -1.58. The van der Waals surface area contributed by atoms with Crippen LogP contribution >= 0.6 is 0 Å². The number of pyridine rings is 1. The summed E-state index contributed by atoms with van der Waals surface area (Å²) in [6, 6.07) is 2.97. The molecule has 0 N–H and O–H groups in total. The first-order valence-electron chi connectivity index (χ1n) is 3.04. The predicted molar refractivity (Wildman–Crippen MR) is 39.1 cm³/mol. The van der Waals surface area contributed by atoms with E-state index in [1.54, 1.807) is 6.92 Å². The highest BCUT2D eigenvalue weighted by Gasteiger charge is 2.03. The Balaban J connectivity index is 3.05. The van der Waals surface area contributed by atoms with Gasteiger partial charge in [-0.15, -0.1) is 4.91 Å². The van der Waals surface area contributed by atoms with Gasteiger partial charge in [-0.05, 0) is 19.1 Å². The zero-order chi connectivity index (χ0) is 8.27. The zero-order valence-corrected chi connectivity index (χ0v) is 5.94. The minimum absolute atomic E-state index is 0.285. The number of nitroso groups, excluding NO2 is 1. The van der Waals surface area contributed by atoms with E-state index in [1.165, 1.54) is 18.3 Å². The second-order valence-corrected chi connectivity index (χ2v) is 2.08. The summed E-state index contributed by atoms with van der Waals surface area (Å²) < 4.78 is 0. The Bertz CT molecular complexity index is 296. The van der Waals surface area contributed by atoms with E-state index in [4.69, 9.17) is 0 Å². The lowest BCUT2D eigenvalue weighted by atomic mass is 10.2. The Morgan fingerprint density at radius 2 is 2.36 bits per heavy atom. The van der Waals surface area contributed by atoms with Gasteiger partial charge in [-0.3, -0.25) is 9.78 Å². The quantitative estimate of drug-likeness (QED) is 0.567. The Morgan fingerprint density at radius 1 is 1.64 bits per heavy atom. The van der Waals surface area contributed by atoms with Crippen LogP contribution in [0.2, 0.25) is 0 Å². The van der Waals surface area contributed by atoms with E-state index in [9.17, 15) is 9.70 Å². The van der Waals surface area contributed by atoms with Gasteiger partial charge in [-0.25, -0.2) is 0 Å². The summed E-state index contributed by atoms with van der Waals surface area (Å²) in [6.07, 6.45) is 1.47. The molecule has 1 heterocycles. The first-order chi connectivity index (χ1) is 5.24. The molecule has 0 fully saturated rings. The Kier molecular flexibility index (Phi) is 2.06. The summed E-state index contributed by atoms with van der Waals surface area (Å²) in [5, 5.41) is 2.28. The maximum absolute atomic E-state index is 10.7. The molecule has 1 aromatic rings. The Morgan fingerprint density at radius 3 is 2.91 bits per heavy atom. The Labute approximate surface area is 63.2 Å². The number of carbonyl (C=O) groups is 1. The fraction of sp³-hybridized carbons (Fsp3) is 0.143. The number of nitrogens with zero attached hydrogens (tertiary/aromatic N) is 2. The van der Waals surface area contributed by atoms with Crippen molar-refractivity contribution < 1.29 is 4.79 Å². The highest BCUT2D eigenvalue weighted by molar-refractivity contribution is 5.94. The molecule has 56 valence electrons. The molecule has 0 aliphatic heterocycles. The molecule has 0 aliphatic carbocycles. The summed E-state index contributed by atoms with van der Waals surface area (Å²) in [4.78, 5) is 24.3. The molecule has 0 radical (unpaired) electrons. The highest BCUT2D eigenvalue weighted by atomic mass is 16.3. The monoisotopic (exact) mass is 150 g/mol. The van der Waals surface area contributed by atoms with Crippen molar-refractivity contribution in [3.05, 3.63) is 34.5 Å². The third-order valence-corrected chi connectivity index (χ3v) is 1.23. The first kappa shape index (κ1) is 7.53. The van der Waals surface area contributed by atoms with Crippen molar-refractivity contribution in [2.75, 3.05) is 0 Å². The molecule has 1 rings (SSSR count). The number of amides is 1. The van der Waals surface area contributed by atoms with Gasteiger partial charge in [0.05, 0.1) is 0 Å². The van der Waals surface area contributed by atoms with Crippen molar-refractivity contribution in [3.8, 4) is 0 Å². The number of hydrogen-bond donors (Lipinski definition) is 0. The van der Waals surface area contributed by atoms with Gasteiger partial charge in [0, 0.05) is 22.6 Å². The van der Waals surface area contributed by atoms with Gasteiger partial charge in [-0.1, -0.05) is 0 Å². The summed E-state index contributed by atoms with van der Waals surface area (Å²) in [5.74, 6) is -0.754. The van der Waals surface area contributed by atoms with E-state index < -0.39 is 5.91 Å². The number of carbonyl (C=O) groups excluding carboxylic acids is 1. The highest BCUT2D eigenvalue weighted by Crippen LogP contribution is 2.01. The van der Waals surface area contributed by atoms with Gasteiger partial charge in [0.1, 0.15) is 0 Å². The third kappa shape index (κ3) is 1.67. The average molecular weight is 150 g/mol. The van der Waals surface area contributed by atoms with Gasteiger partial charge >= 0.3 is 5.91 Å². The van der Waals surface area contributed by atoms with Gasteiger partial charge in [0.25, 0.3) is 0 Å². The fourth-order valence-corrected chi connectivity index (χ4v) is 0.731. The van der Waals surface area contributed by atoms with Crippen LogP contribution in [0.1, 0.15) is 16.1 Å². The summed E-state index contributed by atoms with van der Waals surface area (Å²) in [5.41, 5.74) is 0.979. The van der Waals surface area contributed by atoms with Crippen LogP contribution in [0.25, 0.3) is 0 Å². The summed E-state index contributed by atoms with van der Waals surface area (Å²) in [7, 11) is 0. The van der Waals surface area contributed by atoms with Crippen LogP contribution in [0.4, 0.5) is 0 Å². The van der Waals surface area contributed by atoms with Crippen LogP contribution in [-0.4, -0.2) is 10.9 Å². The van der Waals surface area contributed by atoms with E-state index in [1.807, 2.05) is 0 Å². The maximum atomic E-state index is 10.7. The van der Waals surface area contributed by atoms with Crippen LogP contribution in [0.3, 0.4) is 0 Å². The molecule has 0 bridgehead atoms. The number of rotatable bonds is 1. The third-order valence-electron chi connectivity index (χ3n) is 1.23.